The summed E-state index contributed by atoms with van der Waals surface area (Å²) < 4.78 is 6.02. The molecule has 0 radical (unpaired) electrons. The fourth-order valence-electron chi connectivity index (χ4n) is 4.89. The van der Waals surface area contributed by atoms with Gasteiger partial charge in [0.25, 0.3) is 0 Å². The molecule has 2 saturated heterocycles. The first-order valence-corrected chi connectivity index (χ1v) is 11.7. The highest BCUT2D eigenvalue weighted by molar-refractivity contribution is 7.98. The smallest absolute Gasteiger partial charge is 0.0500 e. The Morgan fingerprint density at radius 1 is 1.00 bits per heavy atom. The van der Waals surface area contributed by atoms with E-state index in [-0.39, 0.29) is 0 Å². The van der Waals surface area contributed by atoms with E-state index in [1.807, 2.05) is 11.8 Å². The fraction of sp³-hybridized carbons (Fsp3) is 0.727. The minimum atomic E-state index is 0.847. The minimum absolute atomic E-state index is 0.847. The molecule has 0 N–H and O–H groups in total. The summed E-state index contributed by atoms with van der Waals surface area (Å²) in [5.41, 5.74) is 1.45. The van der Waals surface area contributed by atoms with E-state index in [9.17, 15) is 0 Å². The predicted octanol–water partition coefficient (Wildman–Crippen LogP) is 3.98. The molecule has 1 saturated carbocycles. The number of piperidine rings is 2. The zero-order chi connectivity index (χ0) is 17.8. The zero-order valence-corrected chi connectivity index (χ0v) is 17.1. The summed E-state index contributed by atoms with van der Waals surface area (Å²) in [4.78, 5) is 6.61. The largest absolute Gasteiger partial charge is 0.381 e. The van der Waals surface area contributed by atoms with Gasteiger partial charge in [-0.15, -0.1) is 11.8 Å². The molecule has 3 aliphatic rings. The molecular weight excluding hydrogens is 340 g/mol. The molecule has 144 valence electrons. The second kappa shape index (κ2) is 9.09. The number of thioether (sulfide) groups is 1. The lowest BCUT2D eigenvalue weighted by molar-refractivity contribution is 0.0967. The topological polar surface area (TPSA) is 15.7 Å². The van der Waals surface area contributed by atoms with Gasteiger partial charge in [0.05, 0.1) is 6.61 Å². The molecule has 2 heterocycles. The van der Waals surface area contributed by atoms with Crippen molar-refractivity contribution >= 4 is 11.8 Å². The van der Waals surface area contributed by atoms with Crippen LogP contribution >= 0.6 is 11.8 Å². The van der Waals surface area contributed by atoms with E-state index in [1.54, 1.807) is 0 Å². The molecule has 26 heavy (non-hydrogen) atoms. The zero-order valence-electron chi connectivity index (χ0n) is 16.2. The Bertz CT molecular complexity index is 546. The van der Waals surface area contributed by atoms with Gasteiger partial charge in [-0.3, -0.25) is 4.90 Å². The number of nitrogens with zero attached hydrogens (tertiary/aromatic N) is 2. The van der Waals surface area contributed by atoms with Crippen LogP contribution in [-0.2, 0) is 11.3 Å². The van der Waals surface area contributed by atoms with Gasteiger partial charge in [-0.2, -0.15) is 0 Å². The molecule has 0 bridgehead atoms. The molecule has 1 aromatic carbocycles. The van der Waals surface area contributed by atoms with Gasteiger partial charge in [-0.1, -0.05) is 18.6 Å². The second-order valence-corrected chi connectivity index (χ2v) is 9.24. The maximum absolute atomic E-state index is 6.02. The first kappa shape index (κ1) is 18.8. The minimum Gasteiger partial charge on any atom is -0.381 e. The monoisotopic (exact) mass is 374 g/mol. The van der Waals surface area contributed by atoms with Gasteiger partial charge in [0, 0.05) is 37.7 Å². The predicted molar refractivity (Wildman–Crippen MR) is 110 cm³/mol. The molecule has 2 aliphatic heterocycles. The maximum atomic E-state index is 6.02. The van der Waals surface area contributed by atoms with Gasteiger partial charge < -0.3 is 9.64 Å². The van der Waals surface area contributed by atoms with Crippen LogP contribution in [0, 0.1) is 17.8 Å². The van der Waals surface area contributed by atoms with Crippen LogP contribution in [0.3, 0.4) is 0 Å². The Morgan fingerprint density at radius 3 is 2.42 bits per heavy atom. The van der Waals surface area contributed by atoms with Crippen LogP contribution in [0.5, 0.6) is 0 Å². The lowest BCUT2D eigenvalue weighted by atomic mass is 10.1. The second-order valence-electron chi connectivity index (χ2n) is 8.36. The quantitative estimate of drug-likeness (QED) is 0.480. The summed E-state index contributed by atoms with van der Waals surface area (Å²) in [6, 6.07) is 9.08. The molecular formula is C22H34N2OS. The summed E-state index contributed by atoms with van der Waals surface area (Å²) in [6.07, 6.45) is 7.56. The summed E-state index contributed by atoms with van der Waals surface area (Å²) >= 11 is 1.82. The molecule has 1 aliphatic carbocycles. The van der Waals surface area contributed by atoms with Crippen molar-refractivity contribution in [1.82, 2.24) is 9.80 Å². The fourth-order valence-corrected chi connectivity index (χ4v) is 5.30. The van der Waals surface area contributed by atoms with Crippen LogP contribution in [0.15, 0.2) is 29.2 Å². The van der Waals surface area contributed by atoms with Gasteiger partial charge in [0.1, 0.15) is 0 Å². The van der Waals surface area contributed by atoms with Crippen LogP contribution in [0.2, 0.25) is 0 Å². The van der Waals surface area contributed by atoms with Crippen molar-refractivity contribution in [1.29, 1.82) is 0 Å². The SMILES string of the molecule is CSc1ccc(CN2C[C@@H]3[C@H](COCCCN4CCCCC4)[C@@H]3C2)cc1. The van der Waals surface area contributed by atoms with Gasteiger partial charge in [-0.05, 0) is 74.1 Å². The lowest BCUT2D eigenvalue weighted by Gasteiger charge is -2.26. The standard InChI is InChI=1S/C22H34N2OS/c1-26-19-8-6-18(7-9-19)14-24-15-20-21(16-24)22(20)17-25-13-5-12-23-10-3-2-4-11-23/h6-9,20-22H,2-5,10-17H2,1H3/t20-,21+,22-. The number of likely N-dealkylation sites (tertiary alicyclic amines) is 2. The van der Waals surface area contributed by atoms with Crippen molar-refractivity contribution < 1.29 is 4.74 Å². The lowest BCUT2D eigenvalue weighted by Crippen LogP contribution is -2.31. The van der Waals surface area contributed by atoms with Gasteiger partial charge in [-0.25, -0.2) is 0 Å². The van der Waals surface area contributed by atoms with Gasteiger partial charge >= 0.3 is 0 Å². The molecule has 4 rings (SSSR count). The summed E-state index contributed by atoms with van der Waals surface area (Å²) in [6.45, 7) is 9.48. The number of benzene rings is 1. The highest BCUT2D eigenvalue weighted by atomic mass is 32.2. The van der Waals surface area contributed by atoms with Crippen LogP contribution in [0.1, 0.15) is 31.2 Å². The summed E-state index contributed by atoms with van der Waals surface area (Å²) in [7, 11) is 0. The maximum Gasteiger partial charge on any atom is 0.0500 e. The molecule has 1 aromatic rings. The number of hydrogen-bond donors (Lipinski definition) is 0. The molecule has 3 nitrogen and oxygen atoms in total. The highest BCUT2D eigenvalue weighted by Crippen LogP contribution is 2.52. The number of ether oxygens (including phenoxy) is 1. The van der Waals surface area contributed by atoms with Gasteiger partial charge in [0.15, 0.2) is 0 Å². The third-order valence-corrected chi connectivity index (χ3v) is 7.28. The van der Waals surface area contributed by atoms with Crippen molar-refractivity contribution in [3.63, 3.8) is 0 Å². The van der Waals surface area contributed by atoms with E-state index in [0.29, 0.717) is 0 Å². The van der Waals surface area contributed by atoms with E-state index >= 15 is 0 Å². The molecule has 4 heteroatoms. The van der Waals surface area contributed by atoms with Crippen LogP contribution in [-0.4, -0.2) is 62.0 Å². The summed E-state index contributed by atoms with van der Waals surface area (Å²) in [5, 5.41) is 0. The molecule has 0 amide bonds. The van der Waals surface area contributed by atoms with Crippen LogP contribution < -0.4 is 0 Å². The van der Waals surface area contributed by atoms with E-state index in [0.717, 1.165) is 37.5 Å². The van der Waals surface area contributed by atoms with Crippen molar-refractivity contribution in [2.75, 3.05) is 52.2 Å². The Labute approximate surface area is 163 Å². The van der Waals surface area contributed by atoms with Gasteiger partial charge in [0.2, 0.25) is 0 Å². The number of fused-ring (bicyclic) bond motifs is 1. The number of hydrogen-bond acceptors (Lipinski definition) is 4. The Hall–Kier alpha value is -0.550. The van der Waals surface area contributed by atoms with Crippen molar-refractivity contribution in [3.8, 4) is 0 Å². The average molecular weight is 375 g/mol. The Morgan fingerprint density at radius 2 is 1.73 bits per heavy atom. The first-order valence-electron chi connectivity index (χ1n) is 10.5. The van der Waals surface area contributed by atoms with E-state index in [4.69, 9.17) is 4.74 Å². The Balaban J connectivity index is 1.07. The van der Waals surface area contributed by atoms with Crippen molar-refractivity contribution in [2.24, 2.45) is 17.8 Å². The van der Waals surface area contributed by atoms with Crippen LogP contribution in [0.4, 0.5) is 0 Å². The summed E-state index contributed by atoms with van der Waals surface area (Å²) in [5.74, 6) is 2.66. The van der Waals surface area contributed by atoms with Crippen molar-refractivity contribution in [2.45, 2.75) is 37.1 Å². The first-order chi connectivity index (χ1) is 12.8. The molecule has 0 aromatic heterocycles. The molecule has 0 unspecified atom stereocenters. The molecule has 3 fully saturated rings. The van der Waals surface area contributed by atoms with E-state index in [1.165, 1.54) is 68.9 Å². The van der Waals surface area contributed by atoms with E-state index in [2.05, 4.69) is 40.3 Å². The number of rotatable bonds is 9. The van der Waals surface area contributed by atoms with Crippen LogP contribution in [0.25, 0.3) is 0 Å². The average Bonchev–Trinajstić information content (AvgIpc) is 3.14. The normalized spacial score (nSPS) is 29.0. The van der Waals surface area contributed by atoms with Crippen molar-refractivity contribution in [3.05, 3.63) is 29.8 Å². The Kier molecular flexibility index (Phi) is 6.57. The third kappa shape index (κ3) is 4.83. The molecule has 0 spiro atoms. The highest BCUT2D eigenvalue weighted by Gasteiger charge is 2.55. The molecule has 3 atom stereocenters. The van der Waals surface area contributed by atoms with E-state index < -0.39 is 0 Å². The third-order valence-electron chi connectivity index (χ3n) is 6.53.